The molecule has 0 aromatic rings. The number of rotatable bonds is 4. The standard InChI is InChI=1S/3C3H7.C2H3.Sn/c3*1-3-2;1-2;/h3*3H,1-2H3;1H,2H2;. The second-order valence-corrected chi connectivity index (χ2v) is 21.4. The first-order valence-electron chi connectivity index (χ1n) is 5.03. The molecule has 0 spiro atoms. The average molecular weight is 275 g/mol. The Kier molecular flexibility index (Phi) is 4.90. The first-order valence-corrected chi connectivity index (χ1v) is 11.6. The Balaban J connectivity index is 4.89. The van der Waals surface area contributed by atoms with Gasteiger partial charge in [0.25, 0.3) is 0 Å². The fraction of sp³-hybridized carbons (Fsp3) is 0.818. The van der Waals surface area contributed by atoms with Crippen molar-refractivity contribution in [2.45, 2.75) is 53.3 Å². The van der Waals surface area contributed by atoms with Crippen molar-refractivity contribution in [3.05, 3.63) is 10.7 Å². The van der Waals surface area contributed by atoms with Gasteiger partial charge in [-0.3, -0.25) is 0 Å². The second-order valence-electron chi connectivity index (χ2n) is 4.67. The summed E-state index contributed by atoms with van der Waals surface area (Å²) in [4.78, 5) is 0. The van der Waals surface area contributed by atoms with Crippen LogP contribution in [0.4, 0.5) is 0 Å². The summed E-state index contributed by atoms with van der Waals surface area (Å²) in [5.41, 5.74) is 0. The molecule has 0 amide bonds. The Hall–Kier alpha value is 0.539. The Labute approximate surface area is 82.3 Å². The van der Waals surface area contributed by atoms with Gasteiger partial charge in [-0.25, -0.2) is 0 Å². The molecule has 1 heteroatoms. The second kappa shape index (κ2) is 4.69. The van der Waals surface area contributed by atoms with Crippen LogP contribution < -0.4 is 0 Å². The molecular weight excluding hydrogens is 251 g/mol. The van der Waals surface area contributed by atoms with Gasteiger partial charge in [0.15, 0.2) is 0 Å². The Bertz CT molecular complexity index is 123. The summed E-state index contributed by atoms with van der Waals surface area (Å²) < 4.78 is 5.03. The molecular formula is C11H24Sn. The van der Waals surface area contributed by atoms with Crippen molar-refractivity contribution in [3.63, 3.8) is 0 Å². The van der Waals surface area contributed by atoms with Crippen LogP contribution >= 0.6 is 0 Å². The van der Waals surface area contributed by atoms with Gasteiger partial charge in [-0.2, -0.15) is 0 Å². The molecule has 0 heterocycles. The van der Waals surface area contributed by atoms with E-state index >= 15 is 0 Å². The minimum atomic E-state index is -2.03. The van der Waals surface area contributed by atoms with Crippen molar-refractivity contribution < 1.29 is 0 Å². The van der Waals surface area contributed by atoms with Crippen LogP contribution in [0.1, 0.15) is 41.5 Å². The maximum absolute atomic E-state index is 4.09. The van der Waals surface area contributed by atoms with Crippen LogP contribution in [-0.4, -0.2) is 18.4 Å². The quantitative estimate of drug-likeness (QED) is 0.667. The summed E-state index contributed by atoms with van der Waals surface area (Å²) in [5, 5.41) is 0. The van der Waals surface area contributed by atoms with Crippen molar-refractivity contribution in [3.8, 4) is 0 Å². The number of hydrogen-bond donors (Lipinski definition) is 0. The Morgan fingerprint density at radius 3 is 1.08 bits per heavy atom. The molecule has 0 aliphatic carbocycles. The van der Waals surface area contributed by atoms with Crippen LogP contribution in [0, 0.1) is 0 Å². The summed E-state index contributed by atoms with van der Waals surface area (Å²) in [6.45, 7) is 18.4. The van der Waals surface area contributed by atoms with E-state index in [2.05, 4.69) is 52.2 Å². The van der Waals surface area contributed by atoms with E-state index in [9.17, 15) is 0 Å². The molecule has 0 nitrogen and oxygen atoms in total. The fourth-order valence-corrected chi connectivity index (χ4v) is 18.2. The van der Waals surface area contributed by atoms with Gasteiger partial charge in [0.2, 0.25) is 0 Å². The summed E-state index contributed by atoms with van der Waals surface area (Å²) in [5.74, 6) is 0. The predicted octanol–water partition coefficient (Wildman–Crippen LogP) is 4.39. The minimum absolute atomic E-state index is 0.886. The van der Waals surface area contributed by atoms with Gasteiger partial charge in [0, 0.05) is 0 Å². The van der Waals surface area contributed by atoms with Crippen LogP contribution in [0.3, 0.4) is 0 Å². The van der Waals surface area contributed by atoms with Crippen molar-refractivity contribution in [1.29, 1.82) is 0 Å². The first kappa shape index (κ1) is 12.5. The van der Waals surface area contributed by atoms with Crippen molar-refractivity contribution in [1.82, 2.24) is 0 Å². The Morgan fingerprint density at radius 1 is 0.833 bits per heavy atom. The molecule has 0 saturated heterocycles. The summed E-state index contributed by atoms with van der Waals surface area (Å²) in [6.07, 6.45) is 0. The van der Waals surface area contributed by atoms with E-state index < -0.39 is 18.4 Å². The van der Waals surface area contributed by atoms with Gasteiger partial charge in [0.05, 0.1) is 0 Å². The average Bonchev–Trinajstić information content (AvgIpc) is 1.86. The molecule has 0 aromatic carbocycles. The fourth-order valence-electron chi connectivity index (χ4n) is 2.71. The molecule has 0 aliphatic rings. The number of hydrogen-bond acceptors (Lipinski definition) is 0. The zero-order valence-corrected chi connectivity index (χ0v) is 12.4. The van der Waals surface area contributed by atoms with E-state index in [0.717, 1.165) is 11.8 Å². The molecule has 72 valence electrons. The van der Waals surface area contributed by atoms with Crippen molar-refractivity contribution in [2.75, 3.05) is 0 Å². The van der Waals surface area contributed by atoms with E-state index in [4.69, 9.17) is 0 Å². The topological polar surface area (TPSA) is 0 Å². The SMILES string of the molecule is C=[CH][Sn]([CH](C)C)([CH](C)C)[CH](C)C. The van der Waals surface area contributed by atoms with Gasteiger partial charge in [-0.15, -0.1) is 0 Å². The third kappa shape index (κ3) is 2.07. The molecule has 0 rings (SSSR count). The molecule has 0 atom stereocenters. The van der Waals surface area contributed by atoms with Gasteiger partial charge in [-0.1, -0.05) is 0 Å². The molecule has 12 heavy (non-hydrogen) atoms. The molecule has 0 bridgehead atoms. The predicted molar refractivity (Wildman–Crippen MR) is 61.2 cm³/mol. The molecule has 0 radical (unpaired) electrons. The van der Waals surface area contributed by atoms with Crippen LogP contribution in [0.15, 0.2) is 10.7 Å². The van der Waals surface area contributed by atoms with Gasteiger partial charge in [-0.05, 0) is 0 Å². The van der Waals surface area contributed by atoms with Gasteiger partial charge >= 0.3 is 82.4 Å². The van der Waals surface area contributed by atoms with Crippen LogP contribution in [0.2, 0.25) is 11.8 Å². The molecule has 0 N–H and O–H groups in total. The van der Waals surface area contributed by atoms with Crippen LogP contribution in [0.5, 0.6) is 0 Å². The molecule has 0 unspecified atom stereocenters. The zero-order valence-electron chi connectivity index (χ0n) is 9.52. The molecule has 0 fully saturated rings. The van der Waals surface area contributed by atoms with E-state index in [1.165, 1.54) is 0 Å². The van der Waals surface area contributed by atoms with Crippen molar-refractivity contribution >= 4 is 18.4 Å². The van der Waals surface area contributed by atoms with Crippen LogP contribution in [0.25, 0.3) is 0 Å². The Morgan fingerprint density at radius 2 is 1.08 bits per heavy atom. The third-order valence-electron chi connectivity index (χ3n) is 3.35. The third-order valence-corrected chi connectivity index (χ3v) is 22.5. The summed E-state index contributed by atoms with van der Waals surface area (Å²) >= 11 is -2.03. The molecule has 0 aromatic heterocycles. The van der Waals surface area contributed by atoms with E-state index in [1.54, 1.807) is 0 Å². The van der Waals surface area contributed by atoms with E-state index in [0.29, 0.717) is 0 Å². The maximum atomic E-state index is 4.09. The first-order chi connectivity index (χ1) is 5.39. The van der Waals surface area contributed by atoms with Gasteiger partial charge < -0.3 is 0 Å². The molecule has 0 saturated carbocycles. The summed E-state index contributed by atoms with van der Waals surface area (Å²) in [7, 11) is 0. The van der Waals surface area contributed by atoms with Gasteiger partial charge in [0.1, 0.15) is 0 Å². The molecule has 0 aliphatic heterocycles. The normalized spacial score (nSPS) is 13.1. The van der Waals surface area contributed by atoms with Crippen LogP contribution in [-0.2, 0) is 0 Å². The summed E-state index contributed by atoms with van der Waals surface area (Å²) in [6, 6.07) is 0. The van der Waals surface area contributed by atoms with Crippen molar-refractivity contribution in [2.24, 2.45) is 0 Å². The van der Waals surface area contributed by atoms with E-state index in [-0.39, 0.29) is 0 Å². The monoisotopic (exact) mass is 276 g/mol. The van der Waals surface area contributed by atoms with E-state index in [1.807, 2.05) is 0 Å². The zero-order chi connectivity index (χ0) is 9.94.